The van der Waals surface area contributed by atoms with Gasteiger partial charge >= 0.3 is 11.0 Å². The van der Waals surface area contributed by atoms with Gasteiger partial charge in [0.15, 0.2) is 0 Å². The summed E-state index contributed by atoms with van der Waals surface area (Å²) in [6.45, 7) is 2.38. The first-order valence-corrected chi connectivity index (χ1v) is 17.4. The molecular weight excluding hydrogens is 701 g/mol. The Kier molecular flexibility index (Phi) is 7.08. The van der Waals surface area contributed by atoms with Crippen molar-refractivity contribution in [1.29, 1.82) is 0 Å². The zero-order valence-electron chi connectivity index (χ0n) is 24.2. The van der Waals surface area contributed by atoms with Crippen LogP contribution in [0.5, 0.6) is 5.75 Å². The molecule has 1 saturated heterocycles. The number of halogens is 4. The first kappa shape index (κ1) is 30.0. The van der Waals surface area contributed by atoms with Gasteiger partial charge in [-0.05, 0) is 78.6 Å². The summed E-state index contributed by atoms with van der Waals surface area (Å²) in [7, 11) is 0. The third kappa shape index (κ3) is 4.62. The summed E-state index contributed by atoms with van der Waals surface area (Å²) in [6, 6.07) is 18.3. The highest BCUT2D eigenvalue weighted by Crippen LogP contribution is 2.69. The molecule has 236 valence electrons. The Bertz CT molecular complexity index is 1980. The van der Waals surface area contributed by atoms with Gasteiger partial charge in [-0.3, -0.25) is 19.3 Å². The number of thiazole rings is 1. The van der Waals surface area contributed by atoms with Gasteiger partial charge < -0.3 is 9.72 Å². The molecule has 3 heterocycles. The lowest BCUT2D eigenvalue weighted by Gasteiger charge is -2.43. The van der Waals surface area contributed by atoms with Crippen LogP contribution in [0.2, 0.25) is 0 Å². The third-order valence-electron chi connectivity index (χ3n) is 10.1. The molecule has 1 aromatic heterocycles. The van der Waals surface area contributed by atoms with E-state index >= 15 is 0 Å². The Morgan fingerprint density at radius 1 is 0.978 bits per heavy atom. The van der Waals surface area contributed by atoms with E-state index in [9.17, 15) is 27.6 Å². The van der Waals surface area contributed by atoms with Gasteiger partial charge in [0.25, 0.3) is 0 Å². The van der Waals surface area contributed by atoms with E-state index in [1.807, 2.05) is 49.4 Å². The summed E-state index contributed by atoms with van der Waals surface area (Å²) in [4.78, 5) is 45.4. The number of nitrogens with one attached hydrogen (secondary N) is 1. The van der Waals surface area contributed by atoms with Crippen molar-refractivity contribution in [2.45, 2.75) is 42.3 Å². The van der Waals surface area contributed by atoms with Gasteiger partial charge in [0.1, 0.15) is 12.4 Å². The maximum Gasteiger partial charge on any atom is 0.416 e. The molecule has 3 aromatic carbocycles. The monoisotopic (exact) mass is 726 g/mol. The van der Waals surface area contributed by atoms with Crippen LogP contribution in [0.1, 0.15) is 39.5 Å². The van der Waals surface area contributed by atoms with E-state index < -0.39 is 35.4 Å². The Morgan fingerprint density at radius 3 is 2.50 bits per heavy atom. The van der Waals surface area contributed by atoms with Crippen LogP contribution in [0.3, 0.4) is 0 Å². The number of anilines is 1. The van der Waals surface area contributed by atoms with Crippen molar-refractivity contribution < 1.29 is 27.5 Å². The van der Waals surface area contributed by atoms with Gasteiger partial charge in [0.05, 0.1) is 28.1 Å². The van der Waals surface area contributed by atoms with Gasteiger partial charge in [-0.2, -0.15) is 13.2 Å². The van der Waals surface area contributed by atoms with Crippen LogP contribution < -0.4 is 14.5 Å². The number of rotatable bonds is 5. The molecule has 7 atom stereocenters. The summed E-state index contributed by atoms with van der Waals surface area (Å²) in [6.07, 6.45) is -3.94. The van der Waals surface area contributed by atoms with Crippen LogP contribution in [0.15, 0.2) is 81.0 Å². The molecule has 0 spiro atoms. The standard InChI is InChI=1S/C34H26BrF3N2O4S2/c1-15-5-2-3-6-16(15)14-44-23-10-9-18(35)12-20(23)24-25-21-13-22(28(25)45-30-29(24)46-33(43)39-30)27-26(21)31(41)40(32(27)42)19-8-4-7-17(11-19)34(36,37)38/h2-12,21-22,24-28H,13-14H2,1H3,(H,39,43)/t21?,22?,24-,25?,26?,27?,28?/m1/s1. The van der Waals surface area contributed by atoms with E-state index in [1.165, 1.54) is 12.1 Å². The van der Waals surface area contributed by atoms with E-state index in [4.69, 9.17) is 4.74 Å². The first-order chi connectivity index (χ1) is 22.0. The van der Waals surface area contributed by atoms with Crippen molar-refractivity contribution >= 4 is 56.5 Å². The second kappa shape index (κ2) is 10.8. The summed E-state index contributed by atoms with van der Waals surface area (Å²) in [5, 5.41) is 0.692. The number of carbonyl (C=O) groups is 2. The predicted molar refractivity (Wildman–Crippen MR) is 172 cm³/mol. The average Bonchev–Trinajstić information content (AvgIpc) is 3.75. The molecule has 46 heavy (non-hydrogen) atoms. The number of benzene rings is 3. The minimum atomic E-state index is -4.60. The van der Waals surface area contributed by atoms with Crippen LogP contribution >= 0.6 is 39.0 Å². The third-order valence-corrected chi connectivity index (χ3v) is 13.2. The number of aromatic nitrogens is 1. The van der Waals surface area contributed by atoms with Crippen molar-refractivity contribution in [3.05, 3.63) is 108 Å². The minimum absolute atomic E-state index is 0.0480. The number of aryl methyl sites for hydroxylation is 1. The molecule has 2 aliphatic carbocycles. The Labute approximate surface area is 278 Å². The second-order valence-electron chi connectivity index (χ2n) is 12.4. The molecule has 6 nitrogen and oxygen atoms in total. The van der Waals surface area contributed by atoms with Crippen LogP contribution in [0.4, 0.5) is 18.9 Å². The highest BCUT2D eigenvalue weighted by molar-refractivity contribution is 9.10. The number of hydrogen-bond acceptors (Lipinski definition) is 6. The average molecular weight is 728 g/mol. The SMILES string of the molecule is Cc1ccccc1COc1ccc(Br)cc1[C@H]1c2sc(=O)[nH]c2SC2C3CC(C4C(=O)N(c5cccc(C(F)(F)F)c5)C(=O)C34)C21. The van der Waals surface area contributed by atoms with E-state index in [1.54, 1.807) is 11.8 Å². The fourth-order valence-corrected chi connectivity index (χ4v) is 11.5. The Balaban J connectivity index is 1.19. The number of nitrogens with zero attached hydrogens (tertiary/aromatic N) is 1. The normalized spacial score (nSPS) is 27.9. The van der Waals surface area contributed by atoms with Crippen molar-refractivity contribution in [3.63, 3.8) is 0 Å². The van der Waals surface area contributed by atoms with Crippen molar-refractivity contribution in [1.82, 2.24) is 4.98 Å². The van der Waals surface area contributed by atoms with E-state index in [0.717, 1.165) is 59.4 Å². The number of fused-ring (bicyclic) bond motifs is 9. The number of carbonyl (C=O) groups excluding carboxylic acids is 2. The molecule has 2 saturated carbocycles. The lowest BCUT2D eigenvalue weighted by molar-refractivity contribution is -0.137. The van der Waals surface area contributed by atoms with Crippen LogP contribution in [-0.4, -0.2) is 22.0 Å². The largest absolute Gasteiger partial charge is 0.489 e. The molecule has 0 radical (unpaired) electrons. The van der Waals surface area contributed by atoms with Crippen molar-refractivity contribution in [3.8, 4) is 5.75 Å². The number of aromatic amines is 1. The zero-order valence-corrected chi connectivity index (χ0v) is 27.4. The highest BCUT2D eigenvalue weighted by Gasteiger charge is 2.70. The molecule has 8 rings (SSSR count). The fraction of sp³-hybridized carbons (Fsp3) is 0.324. The molecule has 2 bridgehead atoms. The zero-order chi connectivity index (χ0) is 32.1. The van der Waals surface area contributed by atoms with Gasteiger partial charge in [-0.15, -0.1) is 11.8 Å². The summed E-state index contributed by atoms with van der Waals surface area (Å²) >= 11 is 6.35. The molecule has 2 aliphatic heterocycles. The van der Waals surface area contributed by atoms with Crippen LogP contribution in [0, 0.1) is 36.5 Å². The summed E-state index contributed by atoms with van der Waals surface area (Å²) in [5.41, 5.74) is 2.10. The molecule has 4 aliphatic rings. The number of thioether (sulfide) groups is 1. The van der Waals surface area contributed by atoms with Gasteiger partial charge in [-0.25, -0.2) is 0 Å². The second-order valence-corrected chi connectivity index (χ2v) is 15.5. The maximum atomic E-state index is 14.1. The van der Waals surface area contributed by atoms with Gasteiger partial charge in [0.2, 0.25) is 11.8 Å². The number of alkyl halides is 3. The van der Waals surface area contributed by atoms with Crippen molar-refractivity contribution in [2.75, 3.05) is 4.90 Å². The lowest BCUT2D eigenvalue weighted by atomic mass is 9.68. The maximum absolute atomic E-state index is 14.1. The van der Waals surface area contributed by atoms with E-state index in [0.29, 0.717) is 18.8 Å². The van der Waals surface area contributed by atoms with Crippen LogP contribution in [-0.2, 0) is 22.4 Å². The number of imide groups is 1. The molecule has 6 unspecified atom stereocenters. The van der Waals surface area contributed by atoms with E-state index in [2.05, 4.69) is 20.9 Å². The number of H-pyrrole nitrogens is 1. The lowest BCUT2D eigenvalue weighted by Crippen LogP contribution is -2.42. The summed E-state index contributed by atoms with van der Waals surface area (Å²) < 4.78 is 48.0. The number of ether oxygens (including phenoxy) is 1. The van der Waals surface area contributed by atoms with Crippen LogP contribution in [0.25, 0.3) is 0 Å². The topological polar surface area (TPSA) is 79.5 Å². The molecule has 4 aromatic rings. The Hall–Kier alpha value is -3.35. The molecule has 2 amide bonds. The van der Waals surface area contributed by atoms with Crippen molar-refractivity contribution in [2.24, 2.45) is 29.6 Å². The van der Waals surface area contributed by atoms with E-state index in [-0.39, 0.29) is 39.5 Å². The smallest absolute Gasteiger partial charge is 0.416 e. The molecular formula is C34H26BrF3N2O4S2. The number of hydrogen-bond donors (Lipinski definition) is 1. The fourth-order valence-electron chi connectivity index (χ4n) is 8.26. The van der Waals surface area contributed by atoms with Gasteiger partial charge in [0, 0.05) is 26.1 Å². The number of amides is 2. The quantitative estimate of drug-likeness (QED) is 0.213. The highest BCUT2D eigenvalue weighted by atomic mass is 79.9. The minimum Gasteiger partial charge on any atom is -0.489 e. The predicted octanol–water partition coefficient (Wildman–Crippen LogP) is 7.78. The van der Waals surface area contributed by atoms with Gasteiger partial charge in [-0.1, -0.05) is 57.6 Å². The molecule has 12 heteroatoms. The first-order valence-electron chi connectivity index (χ1n) is 14.9. The summed E-state index contributed by atoms with van der Waals surface area (Å²) in [5.74, 6) is -2.20. The molecule has 3 fully saturated rings. The Morgan fingerprint density at radius 2 is 1.74 bits per heavy atom. The molecule has 1 N–H and O–H groups in total.